The summed E-state index contributed by atoms with van der Waals surface area (Å²) in [6, 6.07) is 21.0. The number of non-ortho nitro benzene ring substituents is 1. The molecule has 1 aliphatic heterocycles. The first-order chi connectivity index (χ1) is 17.0. The molecule has 3 heterocycles. The molecule has 2 aromatic heterocycles. The van der Waals surface area contributed by atoms with E-state index in [4.69, 9.17) is 28.6 Å². The van der Waals surface area contributed by atoms with Crippen molar-refractivity contribution < 1.29 is 9.66 Å². The van der Waals surface area contributed by atoms with E-state index in [2.05, 4.69) is 10.3 Å². The van der Waals surface area contributed by atoms with Gasteiger partial charge in [0.2, 0.25) is 0 Å². The van der Waals surface area contributed by atoms with Crippen molar-refractivity contribution >= 4 is 40.3 Å². The van der Waals surface area contributed by atoms with Crippen LogP contribution in [0.1, 0.15) is 23.5 Å². The molecule has 35 heavy (non-hydrogen) atoms. The molecule has 8 nitrogen and oxygen atoms in total. The van der Waals surface area contributed by atoms with E-state index in [0.717, 1.165) is 17.1 Å². The number of hydrogen-bond donors (Lipinski definition) is 1. The molecule has 2 atom stereocenters. The minimum atomic E-state index is -0.402. The maximum absolute atomic E-state index is 11.4. The lowest BCUT2D eigenvalue weighted by Crippen LogP contribution is -2.30. The SMILES string of the molecule is COc1ccc(N2C(=S)N[C@@H](c3ccccn3)[C@H]2c2cccn2-c2cccc([N+](=O)[O-])c2)cc1Cl. The maximum atomic E-state index is 11.4. The molecule has 0 amide bonds. The van der Waals surface area contributed by atoms with Crippen molar-refractivity contribution in [2.45, 2.75) is 12.1 Å². The molecule has 2 aromatic carbocycles. The lowest BCUT2D eigenvalue weighted by molar-refractivity contribution is -0.384. The van der Waals surface area contributed by atoms with Crippen molar-refractivity contribution in [1.82, 2.24) is 14.9 Å². The summed E-state index contributed by atoms with van der Waals surface area (Å²) in [7, 11) is 1.56. The van der Waals surface area contributed by atoms with Crippen LogP contribution in [-0.4, -0.2) is 26.7 Å². The van der Waals surface area contributed by atoms with Crippen LogP contribution in [0.25, 0.3) is 5.69 Å². The molecule has 1 fully saturated rings. The number of nitrogens with zero attached hydrogens (tertiary/aromatic N) is 4. The Bertz CT molecular complexity index is 1410. The zero-order valence-electron chi connectivity index (χ0n) is 18.5. The maximum Gasteiger partial charge on any atom is 0.271 e. The van der Waals surface area contributed by atoms with E-state index in [0.29, 0.717) is 21.6 Å². The molecule has 1 saturated heterocycles. The second-order valence-electron chi connectivity index (χ2n) is 7.90. The molecule has 1 N–H and O–H groups in total. The van der Waals surface area contributed by atoms with Gasteiger partial charge in [-0.2, -0.15) is 0 Å². The molecule has 0 saturated carbocycles. The van der Waals surface area contributed by atoms with E-state index in [-0.39, 0.29) is 17.8 Å². The van der Waals surface area contributed by atoms with E-state index in [1.165, 1.54) is 6.07 Å². The summed E-state index contributed by atoms with van der Waals surface area (Å²) in [5.74, 6) is 0.561. The Morgan fingerprint density at radius 1 is 1.09 bits per heavy atom. The fourth-order valence-corrected chi connectivity index (χ4v) is 4.96. The summed E-state index contributed by atoms with van der Waals surface area (Å²) in [5, 5.41) is 15.8. The first-order valence-electron chi connectivity index (χ1n) is 10.7. The summed E-state index contributed by atoms with van der Waals surface area (Å²) in [6.07, 6.45) is 3.62. The lowest BCUT2D eigenvalue weighted by atomic mass is 10.0. The highest BCUT2D eigenvalue weighted by atomic mass is 35.5. The normalized spacial score (nSPS) is 17.3. The first-order valence-corrected chi connectivity index (χ1v) is 11.5. The summed E-state index contributed by atoms with van der Waals surface area (Å²) >= 11 is 12.2. The Hall–Kier alpha value is -3.95. The predicted octanol–water partition coefficient (Wildman–Crippen LogP) is 5.62. The largest absolute Gasteiger partial charge is 0.495 e. The van der Waals surface area contributed by atoms with Crippen LogP contribution in [0.3, 0.4) is 0 Å². The third-order valence-corrected chi connectivity index (χ3v) is 6.52. The number of aromatic nitrogens is 2. The summed E-state index contributed by atoms with van der Waals surface area (Å²) in [6.45, 7) is 0. The van der Waals surface area contributed by atoms with Gasteiger partial charge < -0.3 is 19.5 Å². The predicted molar refractivity (Wildman–Crippen MR) is 138 cm³/mol. The number of hydrogen-bond acceptors (Lipinski definition) is 5. The quantitative estimate of drug-likeness (QED) is 0.207. The van der Waals surface area contributed by atoms with E-state index >= 15 is 0 Å². The smallest absolute Gasteiger partial charge is 0.271 e. The molecule has 1 aliphatic rings. The monoisotopic (exact) mass is 505 g/mol. The number of nitro benzene ring substituents is 1. The van der Waals surface area contributed by atoms with Crippen molar-refractivity contribution in [3.8, 4) is 11.4 Å². The van der Waals surface area contributed by atoms with Crippen molar-refractivity contribution in [3.63, 3.8) is 0 Å². The van der Waals surface area contributed by atoms with E-state index in [1.54, 1.807) is 31.5 Å². The Morgan fingerprint density at radius 2 is 1.94 bits per heavy atom. The van der Waals surface area contributed by atoms with E-state index in [1.807, 2.05) is 64.2 Å². The molecule has 0 radical (unpaired) electrons. The molecule has 176 valence electrons. The van der Waals surface area contributed by atoms with Crippen molar-refractivity contribution in [2.24, 2.45) is 0 Å². The molecule has 4 aromatic rings. The van der Waals surface area contributed by atoms with Crippen LogP contribution in [0.5, 0.6) is 5.75 Å². The van der Waals surface area contributed by atoms with Gasteiger partial charge >= 0.3 is 0 Å². The average molecular weight is 506 g/mol. The Labute approximate surface area is 211 Å². The first kappa shape index (κ1) is 22.8. The van der Waals surface area contributed by atoms with Crippen molar-refractivity contribution in [2.75, 3.05) is 12.0 Å². The fourth-order valence-electron chi connectivity index (χ4n) is 4.37. The van der Waals surface area contributed by atoms with Crippen LogP contribution in [0, 0.1) is 10.1 Å². The van der Waals surface area contributed by atoms with Crippen LogP contribution < -0.4 is 15.0 Å². The van der Waals surface area contributed by atoms with Gasteiger partial charge in [0.1, 0.15) is 11.8 Å². The number of nitro groups is 1. The van der Waals surface area contributed by atoms with Crippen LogP contribution in [0.15, 0.2) is 85.2 Å². The van der Waals surface area contributed by atoms with E-state index in [9.17, 15) is 10.1 Å². The Balaban J connectivity index is 1.67. The minimum absolute atomic E-state index is 0.0160. The Morgan fingerprint density at radius 3 is 2.66 bits per heavy atom. The summed E-state index contributed by atoms with van der Waals surface area (Å²) < 4.78 is 7.25. The van der Waals surface area contributed by atoms with Crippen molar-refractivity contribution in [3.05, 3.63) is 112 Å². The summed E-state index contributed by atoms with van der Waals surface area (Å²) in [5.41, 5.74) is 3.16. The van der Waals surface area contributed by atoms with Gasteiger partial charge in [0.05, 0.1) is 34.5 Å². The third kappa shape index (κ3) is 4.20. The zero-order chi connectivity index (χ0) is 24.5. The topological polar surface area (TPSA) is 85.5 Å². The second-order valence-corrected chi connectivity index (χ2v) is 8.69. The molecule has 0 spiro atoms. The summed E-state index contributed by atoms with van der Waals surface area (Å²) in [4.78, 5) is 17.6. The van der Waals surface area contributed by atoms with Crippen LogP contribution >= 0.6 is 23.8 Å². The number of methoxy groups -OCH3 is 1. The fraction of sp³-hybridized carbons (Fsp3) is 0.120. The number of benzene rings is 2. The Kier molecular flexibility index (Phi) is 6.10. The molecule has 5 rings (SSSR count). The van der Waals surface area contributed by atoms with E-state index < -0.39 is 4.92 Å². The zero-order valence-corrected chi connectivity index (χ0v) is 20.1. The number of anilines is 1. The highest BCUT2D eigenvalue weighted by Gasteiger charge is 2.42. The third-order valence-electron chi connectivity index (χ3n) is 5.91. The van der Waals surface area contributed by atoms with Crippen LogP contribution in [0.4, 0.5) is 11.4 Å². The number of ether oxygens (including phenoxy) is 1. The number of halogens is 1. The highest BCUT2D eigenvalue weighted by Crippen LogP contribution is 2.43. The highest BCUT2D eigenvalue weighted by molar-refractivity contribution is 7.80. The number of thiocarbonyl (C=S) groups is 1. The van der Waals surface area contributed by atoms with Gasteiger partial charge in [0, 0.05) is 35.9 Å². The minimum Gasteiger partial charge on any atom is -0.495 e. The molecule has 0 aliphatic carbocycles. The van der Waals surface area contributed by atoms with Crippen molar-refractivity contribution in [1.29, 1.82) is 0 Å². The van der Waals surface area contributed by atoms with Gasteiger partial charge in [0.25, 0.3) is 5.69 Å². The second kappa shape index (κ2) is 9.36. The molecule has 10 heteroatoms. The van der Waals surface area contributed by atoms with Gasteiger partial charge in [-0.1, -0.05) is 23.7 Å². The lowest BCUT2D eigenvalue weighted by Gasteiger charge is -2.29. The number of rotatable bonds is 6. The van der Waals surface area contributed by atoms with Crippen LogP contribution in [-0.2, 0) is 0 Å². The number of nitrogens with one attached hydrogen (secondary N) is 1. The van der Waals surface area contributed by atoms with Gasteiger partial charge in [-0.25, -0.2) is 0 Å². The van der Waals surface area contributed by atoms with Gasteiger partial charge in [-0.05, 0) is 60.7 Å². The molecular weight excluding hydrogens is 486 g/mol. The van der Waals surface area contributed by atoms with Gasteiger partial charge in [-0.15, -0.1) is 0 Å². The number of pyridine rings is 1. The van der Waals surface area contributed by atoms with Crippen LogP contribution in [0.2, 0.25) is 5.02 Å². The average Bonchev–Trinajstić information content (AvgIpc) is 3.49. The molecule has 0 unspecified atom stereocenters. The molecule has 0 bridgehead atoms. The van der Waals surface area contributed by atoms with Gasteiger partial charge in [0.15, 0.2) is 5.11 Å². The standard InChI is InChI=1S/C25H20ClN5O3S/c1-34-22-11-10-17(15-19(22)26)30-24(23(28-25(30)35)20-8-2-3-12-27-20)21-9-5-13-29(21)16-6-4-7-18(14-16)31(32)33/h2-15,23-24H,1H3,(H,28,35)/t23-,24+/m0/s1. The molecular formula is C25H20ClN5O3S. The van der Waals surface area contributed by atoms with Gasteiger partial charge in [-0.3, -0.25) is 15.1 Å².